The Labute approximate surface area is 93.6 Å². The molecule has 2 rings (SSSR count). The maximum absolute atomic E-state index is 5.77. The van der Waals surface area contributed by atoms with E-state index >= 15 is 0 Å². The second-order valence-electron chi connectivity index (χ2n) is 5.10. The van der Waals surface area contributed by atoms with Gasteiger partial charge in [-0.15, -0.1) is 0 Å². The third-order valence-electron chi connectivity index (χ3n) is 4.10. The van der Waals surface area contributed by atoms with Crippen molar-refractivity contribution >= 4 is 0 Å². The largest absolute Gasteiger partial charge is 0.330 e. The highest BCUT2D eigenvalue weighted by Gasteiger charge is 2.30. The lowest BCUT2D eigenvalue weighted by molar-refractivity contribution is 0.0920. The second-order valence-corrected chi connectivity index (χ2v) is 5.10. The van der Waals surface area contributed by atoms with Crippen LogP contribution in [0.15, 0.2) is 0 Å². The van der Waals surface area contributed by atoms with Crippen LogP contribution < -0.4 is 5.73 Å². The molecule has 2 aliphatic rings. The lowest BCUT2D eigenvalue weighted by Crippen LogP contribution is -2.51. The number of nitrogens with two attached hydrogens (primary N) is 1. The number of nitrogens with zero attached hydrogens (tertiary/aromatic N) is 2. The fraction of sp³-hybridized carbons (Fsp3) is 1.00. The van der Waals surface area contributed by atoms with E-state index in [0.717, 1.165) is 12.6 Å². The van der Waals surface area contributed by atoms with Gasteiger partial charge in [0.25, 0.3) is 0 Å². The maximum atomic E-state index is 5.77. The number of fused-ring (bicyclic) bond motifs is 1. The summed E-state index contributed by atoms with van der Waals surface area (Å²) in [6.45, 7) is 9.49. The van der Waals surface area contributed by atoms with E-state index in [4.69, 9.17) is 5.73 Å². The Hall–Kier alpha value is -0.120. The van der Waals surface area contributed by atoms with Gasteiger partial charge >= 0.3 is 0 Å². The van der Waals surface area contributed by atoms with Gasteiger partial charge in [0, 0.05) is 32.2 Å². The average molecular weight is 211 g/mol. The molecule has 0 saturated carbocycles. The lowest BCUT2D eigenvalue weighted by atomic mass is 10.0. The second kappa shape index (κ2) is 5.28. The highest BCUT2D eigenvalue weighted by molar-refractivity contribution is 4.87. The summed E-state index contributed by atoms with van der Waals surface area (Å²) in [4.78, 5) is 5.30. The molecule has 0 aromatic heterocycles. The summed E-state index contributed by atoms with van der Waals surface area (Å²) in [5.41, 5.74) is 5.77. The first-order chi connectivity index (χ1) is 7.33. The lowest BCUT2D eigenvalue weighted by Gasteiger charge is -2.38. The van der Waals surface area contributed by atoms with Crippen molar-refractivity contribution in [3.8, 4) is 0 Å². The molecular weight excluding hydrogens is 186 g/mol. The molecule has 2 heterocycles. The van der Waals surface area contributed by atoms with Gasteiger partial charge in [0.05, 0.1) is 0 Å². The van der Waals surface area contributed by atoms with Crippen molar-refractivity contribution in [2.24, 2.45) is 11.7 Å². The molecule has 0 aliphatic carbocycles. The summed E-state index contributed by atoms with van der Waals surface area (Å²) in [6, 6.07) is 0.856. The summed E-state index contributed by atoms with van der Waals surface area (Å²) < 4.78 is 0. The SMILES string of the molecule is CCC(CN)CN1CCN2CCCC2C1. The fourth-order valence-electron chi connectivity index (χ4n) is 2.96. The van der Waals surface area contributed by atoms with Crippen molar-refractivity contribution in [1.29, 1.82) is 0 Å². The smallest absolute Gasteiger partial charge is 0.0224 e. The molecule has 0 bridgehead atoms. The Kier molecular flexibility index (Phi) is 4.00. The van der Waals surface area contributed by atoms with Crippen molar-refractivity contribution in [2.75, 3.05) is 39.3 Å². The monoisotopic (exact) mass is 211 g/mol. The number of hydrogen-bond donors (Lipinski definition) is 1. The number of rotatable bonds is 4. The first-order valence-electron chi connectivity index (χ1n) is 6.50. The van der Waals surface area contributed by atoms with Gasteiger partial charge in [0.1, 0.15) is 0 Å². The first-order valence-corrected chi connectivity index (χ1v) is 6.50. The fourth-order valence-corrected chi connectivity index (χ4v) is 2.96. The molecule has 0 aromatic carbocycles. The molecule has 2 N–H and O–H groups in total. The molecule has 2 atom stereocenters. The van der Waals surface area contributed by atoms with E-state index in [1.54, 1.807) is 0 Å². The zero-order valence-corrected chi connectivity index (χ0v) is 9.99. The van der Waals surface area contributed by atoms with Crippen LogP contribution in [-0.4, -0.2) is 55.1 Å². The van der Waals surface area contributed by atoms with Gasteiger partial charge in [-0.3, -0.25) is 4.90 Å². The van der Waals surface area contributed by atoms with Gasteiger partial charge in [-0.25, -0.2) is 0 Å². The van der Waals surface area contributed by atoms with Crippen molar-refractivity contribution < 1.29 is 0 Å². The van der Waals surface area contributed by atoms with Crippen LogP contribution in [0.3, 0.4) is 0 Å². The van der Waals surface area contributed by atoms with Crippen LogP contribution in [0, 0.1) is 5.92 Å². The van der Waals surface area contributed by atoms with Gasteiger partial charge in [0.2, 0.25) is 0 Å². The summed E-state index contributed by atoms with van der Waals surface area (Å²) in [5, 5.41) is 0. The van der Waals surface area contributed by atoms with E-state index in [1.807, 2.05) is 0 Å². The van der Waals surface area contributed by atoms with Gasteiger partial charge in [-0.05, 0) is 31.8 Å². The third-order valence-corrected chi connectivity index (χ3v) is 4.10. The van der Waals surface area contributed by atoms with Gasteiger partial charge in [-0.1, -0.05) is 13.3 Å². The molecule has 0 aromatic rings. The predicted octanol–water partition coefficient (Wildman–Crippen LogP) is 0.751. The topological polar surface area (TPSA) is 32.5 Å². The minimum atomic E-state index is 0.706. The normalized spacial score (nSPS) is 30.4. The molecule has 2 aliphatic heterocycles. The Morgan fingerprint density at radius 3 is 2.93 bits per heavy atom. The van der Waals surface area contributed by atoms with Crippen LogP contribution in [0.4, 0.5) is 0 Å². The Balaban J connectivity index is 1.79. The molecule has 88 valence electrons. The van der Waals surface area contributed by atoms with Crippen molar-refractivity contribution in [2.45, 2.75) is 32.2 Å². The van der Waals surface area contributed by atoms with Gasteiger partial charge in [0.15, 0.2) is 0 Å². The maximum Gasteiger partial charge on any atom is 0.0224 e. The summed E-state index contributed by atoms with van der Waals surface area (Å²) in [7, 11) is 0. The third kappa shape index (κ3) is 2.71. The predicted molar refractivity (Wildman–Crippen MR) is 63.9 cm³/mol. The van der Waals surface area contributed by atoms with Crippen molar-refractivity contribution in [3.05, 3.63) is 0 Å². The summed E-state index contributed by atoms with van der Waals surface area (Å²) in [5.74, 6) is 0.706. The highest BCUT2D eigenvalue weighted by Crippen LogP contribution is 2.22. The molecule has 0 amide bonds. The number of hydrogen-bond acceptors (Lipinski definition) is 3. The molecule has 0 spiro atoms. The zero-order chi connectivity index (χ0) is 10.7. The molecule has 2 saturated heterocycles. The van der Waals surface area contributed by atoms with E-state index < -0.39 is 0 Å². The van der Waals surface area contributed by atoms with E-state index in [0.29, 0.717) is 5.92 Å². The average Bonchev–Trinajstić information content (AvgIpc) is 2.73. The molecule has 15 heavy (non-hydrogen) atoms. The zero-order valence-electron chi connectivity index (χ0n) is 9.99. The van der Waals surface area contributed by atoms with E-state index in [1.165, 1.54) is 52.0 Å². The van der Waals surface area contributed by atoms with Crippen LogP contribution in [0.25, 0.3) is 0 Å². The molecule has 2 unspecified atom stereocenters. The number of piperazine rings is 1. The van der Waals surface area contributed by atoms with Gasteiger partial charge in [-0.2, -0.15) is 0 Å². The minimum Gasteiger partial charge on any atom is -0.330 e. The summed E-state index contributed by atoms with van der Waals surface area (Å²) >= 11 is 0. The Morgan fingerprint density at radius 1 is 1.33 bits per heavy atom. The van der Waals surface area contributed by atoms with Gasteiger partial charge < -0.3 is 10.6 Å². The molecule has 3 nitrogen and oxygen atoms in total. The van der Waals surface area contributed by atoms with E-state index in [9.17, 15) is 0 Å². The van der Waals surface area contributed by atoms with Crippen LogP contribution in [0.2, 0.25) is 0 Å². The van der Waals surface area contributed by atoms with Crippen LogP contribution in [-0.2, 0) is 0 Å². The van der Waals surface area contributed by atoms with Crippen molar-refractivity contribution in [1.82, 2.24) is 9.80 Å². The van der Waals surface area contributed by atoms with Crippen LogP contribution in [0.1, 0.15) is 26.2 Å². The first kappa shape index (κ1) is 11.4. The highest BCUT2D eigenvalue weighted by atomic mass is 15.3. The van der Waals surface area contributed by atoms with E-state index in [-0.39, 0.29) is 0 Å². The van der Waals surface area contributed by atoms with Crippen molar-refractivity contribution in [3.63, 3.8) is 0 Å². The minimum absolute atomic E-state index is 0.706. The molecular formula is C12H25N3. The molecule has 0 radical (unpaired) electrons. The summed E-state index contributed by atoms with van der Waals surface area (Å²) in [6.07, 6.45) is 4.05. The Bertz CT molecular complexity index is 189. The Morgan fingerprint density at radius 2 is 2.20 bits per heavy atom. The molecule has 2 fully saturated rings. The quantitative estimate of drug-likeness (QED) is 0.745. The van der Waals surface area contributed by atoms with Crippen LogP contribution in [0.5, 0.6) is 0 Å². The van der Waals surface area contributed by atoms with Crippen LogP contribution >= 0.6 is 0 Å². The standard InChI is InChI=1S/C12H25N3/c1-2-11(8-13)9-14-6-7-15-5-3-4-12(15)10-14/h11-12H,2-10,13H2,1H3. The van der Waals surface area contributed by atoms with E-state index in [2.05, 4.69) is 16.7 Å². The molecule has 3 heteroatoms.